The van der Waals surface area contributed by atoms with E-state index >= 15 is 0 Å². The molecule has 0 fully saturated rings. The Kier molecular flexibility index (Phi) is 4.23. The number of aryl methyl sites for hydroxylation is 1. The minimum absolute atomic E-state index is 1.23. The number of hydrogen-bond donors (Lipinski definition) is 0. The highest BCUT2D eigenvalue weighted by atomic mass is 32.2. The lowest BCUT2D eigenvalue weighted by Gasteiger charge is -2.01. The maximum absolute atomic E-state index is 2.29. The smallest absolute Gasteiger partial charge is 0.00718 e. The molecule has 0 nitrogen and oxygen atoms in total. The van der Waals surface area contributed by atoms with Crippen molar-refractivity contribution in [2.45, 2.75) is 31.1 Å². The average molecular weight is 180 g/mol. The minimum atomic E-state index is 1.23. The summed E-state index contributed by atoms with van der Waals surface area (Å²) in [5, 5.41) is 0. The molecule has 0 bridgehead atoms. The van der Waals surface area contributed by atoms with Crippen molar-refractivity contribution in [3.8, 4) is 0 Å². The van der Waals surface area contributed by atoms with Gasteiger partial charge in [0.25, 0.3) is 0 Å². The minimum Gasteiger partial charge on any atom is -0.130 e. The van der Waals surface area contributed by atoms with Crippen molar-refractivity contribution in [2.24, 2.45) is 0 Å². The monoisotopic (exact) mass is 180 g/mol. The molecule has 0 N–H and O–H groups in total. The first-order valence-electron chi connectivity index (χ1n) is 4.49. The Labute approximate surface area is 79.4 Å². The summed E-state index contributed by atoms with van der Waals surface area (Å²) >= 11 is 1.82. The van der Waals surface area contributed by atoms with Gasteiger partial charge >= 0.3 is 0 Å². The van der Waals surface area contributed by atoms with E-state index in [9.17, 15) is 0 Å². The highest BCUT2D eigenvalue weighted by Gasteiger charge is 1.93. The Balaban J connectivity index is 2.60. The van der Waals surface area contributed by atoms with Crippen LogP contribution in [0.4, 0.5) is 0 Å². The van der Waals surface area contributed by atoms with Gasteiger partial charge in [-0.2, -0.15) is 0 Å². The van der Waals surface area contributed by atoms with Crippen LogP contribution in [0.1, 0.15) is 25.3 Å². The van der Waals surface area contributed by atoms with Gasteiger partial charge in [0.2, 0.25) is 0 Å². The second-order valence-corrected chi connectivity index (χ2v) is 3.83. The quantitative estimate of drug-likeness (QED) is 0.636. The highest BCUT2D eigenvalue weighted by molar-refractivity contribution is 7.98. The fourth-order valence-corrected chi connectivity index (χ4v) is 1.69. The van der Waals surface area contributed by atoms with E-state index < -0.39 is 0 Å². The van der Waals surface area contributed by atoms with Crippen molar-refractivity contribution in [1.82, 2.24) is 0 Å². The lowest BCUT2D eigenvalue weighted by Crippen LogP contribution is -1.84. The first-order valence-corrected chi connectivity index (χ1v) is 5.72. The molecule has 0 aliphatic heterocycles. The highest BCUT2D eigenvalue weighted by Crippen LogP contribution is 2.16. The summed E-state index contributed by atoms with van der Waals surface area (Å²) < 4.78 is 0. The summed E-state index contributed by atoms with van der Waals surface area (Å²) in [5.41, 5.74) is 1.48. The van der Waals surface area contributed by atoms with Crippen molar-refractivity contribution < 1.29 is 0 Å². The first kappa shape index (κ1) is 9.66. The Hall–Kier alpha value is -0.430. The molecule has 1 heteroatoms. The summed E-state index contributed by atoms with van der Waals surface area (Å²) in [6.07, 6.45) is 5.94. The molecular weight excluding hydrogens is 164 g/mol. The van der Waals surface area contributed by atoms with Crippen LogP contribution in [0.15, 0.2) is 29.2 Å². The van der Waals surface area contributed by atoms with Crippen LogP contribution in [0.3, 0.4) is 0 Å². The van der Waals surface area contributed by atoms with Crippen molar-refractivity contribution >= 4 is 11.8 Å². The first-order chi connectivity index (χ1) is 5.86. The van der Waals surface area contributed by atoms with E-state index in [1.807, 2.05) is 11.8 Å². The summed E-state index contributed by atoms with van der Waals surface area (Å²) in [6.45, 7) is 2.23. The molecule has 12 heavy (non-hydrogen) atoms. The number of benzene rings is 1. The number of rotatable bonds is 4. The van der Waals surface area contributed by atoms with E-state index in [4.69, 9.17) is 0 Å². The summed E-state index contributed by atoms with van der Waals surface area (Å²) in [4.78, 5) is 1.38. The van der Waals surface area contributed by atoms with Crippen molar-refractivity contribution in [2.75, 3.05) is 6.26 Å². The molecule has 0 aliphatic carbocycles. The maximum Gasteiger partial charge on any atom is 0.00718 e. The van der Waals surface area contributed by atoms with Gasteiger partial charge in [-0.3, -0.25) is 0 Å². The molecule has 0 saturated heterocycles. The predicted octanol–water partition coefficient (Wildman–Crippen LogP) is 3.75. The normalized spacial score (nSPS) is 10.2. The van der Waals surface area contributed by atoms with E-state index in [1.54, 1.807) is 0 Å². The molecular formula is C11H16S. The predicted molar refractivity (Wildman–Crippen MR) is 56.8 cm³/mol. The zero-order valence-corrected chi connectivity index (χ0v) is 8.66. The third-order valence-electron chi connectivity index (χ3n) is 1.95. The molecule has 0 saturated carbocycles. The van der Waals surface area contributed by atoms with Crippen LogP contribution >= 0.6 is 11.8 Å². The number of hydrogen-bond acceptors (Lipinski definition) is 1. The van der Waals surface area contributed by atoms with Gasteiger partial charge in [-0.25, -0.2) is 0 Å². The Morgan fingerprint density at radius 3 is 2.83 bits per heavy atom. The van der Waals surface area contributed by atoms with Crippen molar-refractivity contribution in [3.63, 3.8) is 0 Å². The van der Waals surface area contributed by atoms with Gasteiger partial charge in [0.15, 0.2) is 0 Å². The standard InChI is InChI=1S/C11H16S/c1-3-4-6-10-7-5-8-11(9-10)12-2/h5,7-9H,3-4,6H2,1-2H3. The molecule has 1 aromatic carbocycles. The Morgan fingerprint density at radius 2 is 2.17 bits per heavy atom. The zero-order chi connectivity index (χ0) is 8.81. The van der Waals surface area contributed by atoms with E-state index in [-0.39, 0.29) is 0 Å². The van der Waals surface area contributed by atoms with E-state index in [2.05, 4.69) is 37.4 Å². The van der Waals surface area contributed by atoms with Gasteiger partial charge in [-0.15, -0.1) is 11.8 Å². The molecule has 0 amide bonds. The third kappa shape index (κ3) is 2.90. The molecule has 1 aromatic rings. The second kappa shape index (κ2) is 5.26. The number of thioether (sulfide) groups is 1. The SMILES string of the molecule is CCCCc1cccc(SC)c1. The van der Waals surface area contributed by atoms with E-state index in [0.717, 1.165) is 0 Å². The Bertz CT molecular complexity index is 230. The van der Waals surface area contributed by atoms with Crippen LogP contribution in [0.2, 0.25) is 0 Å². The van der Waals surface area contributed by atoms with Gasteiger partial charge in [0.1, 0.15) is 0 Å². The average Bonchev–Trinajstić information content (AvgIpc) is 2.15. The van der Waals surface area contributed by atoms with Gasteiger partial charge in [-0.1, -0.05) is 25.5 Å². The van der Waals surface area contributed by atoms with Crippen LogP contribution in [0, 0.1) is 0 Å². The molecule has 0 aliphatic rings. The van der Waals surface area contributed by atoms with Crippen LogP contribution in [0.5, 0.6) is 0 Å². The second-order valence-electron chi connectivity index (χ2n) is 2.96. The van der Waals surface area contributed by atoms with Gasteiger partial charge in [-0.05, 0) is 36.8 Å². The van der Waals surface area contributed by atoms with Crippen LogP contribution < -0.4 is 0 Å². The summed E-state index contributed by atoms with van der Waals surface area (Å²) in [6, 6.07) is 8.83. The third-order valence-corrected chi connectivity index (χ3v) is 2.68. The molecule has 0 radical (unpaired) electrons. The van der Waals surface area contributed by atoms with Crippen LogP contribution in [-0.2, 0) is 6.42 Å². The molecule has 0 unspecified atom stereocenters. The molecule has 0 aromatic heterocycles. The van der Waals surface area contributed by atoms with Gasteiger partial charge in [0, 0.05) is 4.90 Å². The molecule has 0 atom stereocenters. The molecule has 66 valence electrons. The van der Waals surface area contributed by atoms with Crippen LogP contribution in [-0.4, -0.2) is 6.26 Å². The van der Waals surface area contributed by atoms with Crippen molar-refractivity contribution in [1.29, 1.82) is 0 Å². The fraction of sp³-hybridized carbons (Fsp3) is 0.455. The van der Waals surface area contributed by atoms with Crippen molar-refractivity contribution in [3.05, 3.63) is 29.8 Å². The van der Waals surface area contributed by atoms with E-state index in [0.29, 0.717) is 0 Å². The lowest BCUT2D eigenvalue weighted by atomic mass is 10.1. The fourth-order valence-electron chi connectivity index (χ4n) is 1.21. The Morgan fingerprint density at radius 1 is 1.33 bits per heavy atom. The zero-order valence-electron chi connectivity index (χ0n) is 7.84. The van der Waals surface area contributed by atoms with Gasteiger partial charge in [0.05, 0.1) is 0 Å². The molecule has 0 spiro atoms. The molecule has 0 heterocycles. The topological polar surface area (TPSA) is 0 Å². The van der Waals surface area contributed by atoms with Gasteiger partial charge < -0.3 is 0 Å². The largest absolute Gasteiger partial charge is 0.130 e. The van der Waals surface area contributed by atoms with Crippen LogP contribution in [0.25, 0.3) is 0 Å². The lowest BCUT2D eigenvalue weighted by molar-refractivity contribution is 0.793. The summed E-state index contributed by atoms with van der Waals surface area (Å²) in [7, 11) is 0. The van der Waals surface area contributed by atoms with E-state index in [1.165, 1.54) is 29.7 Å². The summed E-state index contributed by atoms with van der Waals surface area (Å²) in [5.74, 6) is 0. The number of unbranched alkanes of at least 4 members (excludes halogenated alkanes) is 1. The molecule has 1 rings (SSSR count). The maximum atomic E-state index is 2.29.